The summed E-state index contributed by atoms with van der Waals surface area (Å²) in [5.74, 6) is -0.293. The summed E-state index contributed by atoms with van der Waals surface area (Å²) in [7, 11) is -3.92. The van der Waals surface area contributed by atoms with Crippen molar-refractivity contribution in [2.75, 3.05) is 11.5 Å². The average Bonchev–Trinajstić information content (AvgIpc) is 2.81. The van der Waals surface area contributed by atoms with Crippen molar-refractivity contribution in [3.63, 3.8) is 0 Å². The molecule has 2 N–H and O–H groups in total. The van der Waals surface area contributed by atoms with E-state index in [9.17, 15) is 18.3 Å². The Labute approximate surface area is 137 Å². The van der Waals surface area contributed by atoms with Crippen molar-refractivity contribution in [2.45, 2.75) is 16.9 Å². The van der Waals surface area contributed by atoms with E-state index in [4.69, 9.17) is 0 Å². The lowest BCUT2D eigenvalue weighted by Gasteiger charge is -2.24. The highest BCUT2D eigenvalue weighted by Crippen LogP contribution is 2.32. The first-order valence-corrected chi connectivity index (χ1v) is 9.79. The third-order valence-corrected chi connectivity index (χ3v) is 7.16. The van der Waals surface area contributed by atoms with Gasteiger partial charge < -0.3 is 5.11 Å². The quantitative estimate of drug-likeness (QED) is 0.745. The molecule has 9 heteroatoms. The number of sulfonamides is 1. The molecule has 1 aromatic rings. The molecule has 0 saturated carbocycles. The fraction of sp³-hybridized carbons (Fsp3) is 0.364. The zero-order valence-electron chi connectivity index (χ0n) is 10.1. The van der Waals surface area contributed by atoms with Crippen LogP contribution in [0.5, 0.6) is 0 Å². The Morgan fingerprint density at radius 2 is 2.10 bits per heavy atom. The molecule has 0 amide bonds. The van der Waals surface area contributed by atoms with Crippen molar-refractivity contribution in [3.05, 3.63) is 27.1 Å². The van der Waals surface area contributed by atoms with Crippen LogP contribution in [0.4, 0.5) is 0 Å². The summed E-state index contributed by atoms with van der Waals surface area (Å²) in [6.45, 7) is 0. The van der Waals surface area contributed by atoms with Gasteiger partial charge in [0.15, 0.2) is 0 Å². The summed E-state index contributed by atoms with van der Waals surface area (Å²) >= 11 is 7.81. The monoisotopic (exact) mass is 443 g/mol. The van der Waals surface area contributed by atoms with Gasteiger partial charge in [0.05, 0.1) is 4.90 Å². The van der Waals surface area contributed by atoms with Crippen molar-refractivity contribution in [1.29, 1.82) is 0 Å². The van der Waals surface area contributed by atoms with Gasteiger partial charge in [-0.3, -0.25) is 4.79 Å². The van der Waals surface area contributed by atoms with Crippen LogP contribution in [0.25, 0.3) is 0 Å². The van der Waals surface area contributed by atoms with Crippen LogP contribution < -0.4 is 4.72 Å². The van der Waals surface area contributed by atoms with Gasteiger partial charge in [-0.25, -0.2) is 8.42 Å². The molecule has 0 radical (unpaired) electrons. The van der Waals surface area contributed by atoms with Crippen LogP contribution in [0.1, 0.15) is 6.42 Å². The fourth-order valence-electron chi connectivity index (χ4n) is 1.85. The van der Waals surface area contributed by atoms with Gasteiger partial charge in [0, 0.05) is 14.7 Å². The maximum atomic E-state index is 12.4. The van der Waals surface area contributed by atoms with Gasteiger partial charge in [-0.15, -0.1) is 0 Å². The van der Waals surface area contributed by atoms with E-state index >= 15 is 0 Å². The first kappa shape index (κ1) is 16.3. The van der Waals surface area contributed by atoms with Crippen LogP contribution in [0.3, 0.4) is 0 Å². The molecular formula is C11H11Br2NO4S2. The third kappa shape index (κ3) is 3.22. The van der Waals surface area contributed by atoms with Crippen LogP contribution in [0.2, 0.25) is 0 Å². The number of halogens is 2. The number of hydrogen-bond acceptors (Lipinski definition) is 4. The Balaban J connectivity index is 2.40. The number of carbonyl (C=O) groups is 1. The highest BCUT2D eigenvalue weighted by molar-refractivity contribution is 9.11. The molecule has 1 aliphatic rings. The van der Waals surface area contributed by atoms with Gasteiger partial charge in [0.2, 0.25) is 10.0 Å². The normalized spacial score (nSPS) is 22.9. The molecule has 5 nitrogen and oxygen atoms in total. The Bertz CT molecular complexity index is 642. The first-order chi connectivity index (χ1) is 9.27. The van der Waals surface area contributed by atoms with Gasteiger partial charge in [0.1, 0.15) is 5.54 Å². The zero-order valence-corrected chi connectivity index (χ0v) is 14.9. The van der Waals surface area contributed by atoms with E-state index in [1.54, 1.807) is 12.1 Å². The summed E-state index contributed by atoms with van der Waals surface area (Å²) < 4.78 is 28.2. The van der Waals surface area contributed by atoms with E-state index in [2.05, 4.69) is 36.6 Å². The second kappa shape index (κ2) is 5.96. The third-order valence-electron chi connectivity index (χ3n) is 2.94. The lowest BCUT2D eigenvalue weighted by Crippen LogP contribution is -2.54. The summed E-state index contributed by atoms with van der Waals surface area (Å²) in [4.78, 5) is 11.4. The van der Waals surface area contributed by atoms with Gasteiger partial charge in [-0.05, 0) is 46.3 Å². The maximum absolute atomic E-state index is 12.4. The van der Waals surface area contributed by atoms with Gasteiger partial charge in [0.25, 0.3) is 0 Å². The van der Waals surface area contributed by atoms with Gasteiger partial charge in [-0.2, -0.15) is 16.5 Å². The van der Waals surface area contributed by atoms with Crippen molar-refractivity contribution >= 4 is 59.6 Å². The topological polar surface area (TPSA) is 83.5 Å². The smallest absolute Gasteiger partial charge is 0.325 e. The largest absolute Gasteiger partial charge is 0.480 e. The van der Waals surface area contributed by atoms with Crippen molar-refractivity contribution in [2.24, 2.45) is 0 Å². The minimum Gasteiger partial charge on any atom is -0.480 e. The number of hydrogen-bond donors (Lipinski definition) is 2. The number of aliphatic carboxylic acids is 1. The summed E-state index contributed by atoms with van der Waals surface area (Å²) in [6, 6.07) is 4.72. The Hall–Kier alpha value is -0.0900. The van der Waals surface area contributed by atoms with Gasteiger partial charge >= 0.3 is 5.97 Å². The Morgan fingerprint density at radius 1 is 1.40 bits per heavy atom. The molecule has 0 spiro atoms. The number of rotatable bonds is 4. The van der Waals surface area contributed by atoms with E-state index in [0.717, 1.165) is 0 Å². The maximum Gasteiger partial charge on any atom is 0.325 e. The molecule has 0 bridgehead atoms. The van der Waals surface area contributed by atoms with E-state index in [1.807, 2.05) is 0 Å². The van der Waals surface area contributed by atoms with E-state index in [-0.39, 0.29) is 17.1 Å². The van der Waals surface area contributed by atoms with Crippen LogP contribution in [0, 0.1) is 0 Å². The fourth-order valence-corrected chi connectivity index (χ4v) is 6.16. The molecule has 1 fully saturated rings. The predicted octanol–water partition coefficient (Wildman–Crippen LogP) is 2.45. The molecule has 0 aliphatic carbocycles. The molecule has 1 unspecified atom stereocenters. The predicted molar refractivity (Wildman–Crippen MR) is 84.5 cm³/mol. The van der Waals surface area contributed by atoms with Crippen molar-refractivity contribution < 1.29 is 18.3 Å². The second-order valence-corrected chi connectivity index (χ2v) is 8.90. The SMILES string of the molecule is O=C(O)C1(NS(=O)(=O)c2cc(Br)ccc2Br)CCSC1. The molecule has 1 heterocycles. The lowest BCUT2D eigenvalue weighted by atomic mass is 10.0. The Kier molecular flexibility index (Phi) is 4.85. The molecule has 110 valence electrons. The molecule has 1 saturated heterocycles. The molecule has 1 aromatic carbocycles. The van der Waals surface area contributed by atoms with Crippen LogP contribution in [-0.4, -0.2) is 36.5 Å². The van der Waals surface area contributed by atoms with E-state index in [0.29, 0.717) is 14.7 Å². The first-order valence-electron chi connectivity index (χ1n) is 5.57. The number of carboxylic acids is 1. The zero-order chi connectivity index (χ0) is 15.0. The molecule has 0 aromatic heterocycles. The molecule has 1 aliphatic heterocycles. The summed E-state index contributed by atoms with van der Waals surface area (Å²) in [5, 5.41) is 9.34. The number of carboxylic acid groups (broad SMARTS) is 1. The average molecular weight is 445 g/mol. The highest BCUT2D eigenvalue weighted by Gasteiger charge is 2.45. The molecular weight excluding hydrogens is 434 g/mol. The van der Waals surface area contributed by atoms with Crippen LogP contribution in [0.15, 0.2) is 32.0 Å². The standard InChI is InChI=1S/C11H11Br2NO4S2/c12-7-1-2-8(13)9(5-7)20(17,18)14-11(10(15)16)3-4-19-6-11/h1-2,5,14H,3-4,6H2,(H,15,16). The highest BCUT2D eigenvalue weighted by atomic mass is 79.9. The molecule has 20 heavy (non-hydrogen) atoms. The van der Waals surface area contributed by atoms with E-state index in [1.165, 1.54) is 17.8 Å². The minimum atomic E-state index is -3.92. The number of benzene rings is 1. The van der Waals surface area contributed by atoms with Gasteiger partial charge in [-0.1, -0.05) is 15.9 Å². The Morgan fingerprint density at radius 3 is 2.65 bits per heavy atom. The lowest BCUT2D eigenvalue weighted by molar-refractivity contribution is -0.142. The van der Waals surface area contributed by atoms with Crippen molar-refractivity contribution in [3.8, 4) is 0 Å². The molecule has 1 atom stereocenters. The second-order valence-electron chi connectivity index (χ2n) is 4.37. The number of nitrogens with one attached hydrogen (secondary N) is 1. The summed E-state index contributed by atoms with van der Waals surface area (Å²) in [6.07, 6.45) is 0.276. The van der Waals surface area contributed by atoms with E-state index < -0.39 is 21.5 Å². The van der Waals surface area contributed by atoms with Crippen molar-refractivity contribution in [1.82, 2.24) is 4.72 Å². The minimum absolute atomic E-state index is 0.0180. The molecule has 2 rings (SSSR count). The summed E-state index contributed by atoms with van der Waals surface area (Å²) in [5.41, 5.74) is -1.43. The van der Waals surface area contributed by atoms with Crippen LogP contribution >= 0.6 is 43.6 Å². The van der Waals surface area contributed by atoms with Crippen LogP contribution in [-0.2, 0) is 14.8 Å². The number of thioether (sulfide) groups is 1.